The molecule has 100 valence electrons. The van der Waals surface area contributed by atoms with Gasteiger partial charge in [0.2, 0.25) is 0 Å². The number of hydrogen-bond donors (Lipinski definition) is 1. The van der Waals surface area contributed by atoms with Crippen LogP contribution in [0.1, 0.15) is 57.0 Å². The van der Waals surface area contributed by atoms with E-state index >= 15 is 0 Å². The van der Waals surface area contributed by atoms with Crippen molar-refractivity contribution in [1.29, 1.82) is 0 Å². The zero-order valence-electron chi connectivity index (χ0n) is 11.0. The molecule has 0 saturated heterocycles. The van der Waals surface area contributed by atoms with E-state index in [1.54, 1.807) is 7.11 Å². The third-order valence-electron chi connectivity index (χ3n) is 3.84. The van der Waals surface area contributed by atoms with Gasteiger partial charge < -0.3 is 9.72 Å². The zero-order chi connectivity index (χ0) is 13.3. The summed E-state index contributed by atoms with van der Waals surface area (Å²) in [5.41, 5.74) is 0.839. The maximum absolute atomic E-state index is 5.72. The van der Waals surface area contributed by atoms with Crippen molar-refractivity contribution in [3.05, 3.63) is 20.6 Å². The van der Waals surface area contributed by atoms with Crippen LogP contribution in [0.15, 0.2) is 4.47 Å². The molecule has 0 spiro atoms. The number of nitrogens with one attached hydrogen (secondary N) is 1. The lowest BCUT2D eigenvalue weighted by atomic mass is 9.96. The molecular formula is C13H19BrN2OS. The van der Waals surface area contributed by atoms with E-state index in [1.165, 1.54) is 18.5 Å². The van der Waals surface area contributed by atoms with E-state index in [0.29, 0.717) is 10.6 Å². The van der Waals surface area contributed by atoms with Gasteiger partial charge in [0, 0.05) is 18.7 Å². The van der Waals surface area contributed by atoms with Crippen molar-refractivity contribution in [2.45, 2.75) is 51.0 Å². The van der Waals surface area contributed by atoms with Gasteiger partial charge in [-0.25, -0.2) is 4.98 Å². The molecule has 1 fully saturated rings. The summed E-state index contributed by atoms with van der Waals surface area (Å²) in [5, 5.41) is 0. The monoisotopic (exact) mass is 330 g/mol. The van der Waals surface area contributed by atoms with Crippen molar-refractivity contribution in [1.82, 2.24) is 9.97 Å². The second kappa shape index (κ2) is 5.39. The van der Waals surface area contributed by atoms with Crippen molar-refractivity contribution in [3.63, 3.8) is 0 Å². The van der Waals surface area contributed by atoms with Gasteiger partial charge in [-0.15, -0.1) is 0 Å². The maximum atomic E-state index is 5.72. The van der Waals surface area contributed by atoms with Gasteiger partial charge in [0.25, 0.3) is 0 Å². The number of H-pyrrole nitrogens is 1. The Morgan fingerprint density at radius 1 is 1.44 bits per heavy atom. The molecular weight excluding hydrogens is 312 g/mol. The molecule has 0 bridgehead atoms. The lowest BCUT2D eigenvalue weighted by Gasteiger charge is -2.29. The molecule has 1 aromatic heterocycles. The second-order valence-electron chi connectivity index (χ2n) is 4.80. The molecule has 18 heavy (non-hydrogen) atoms. The van der Waals surface area contributed by atoms with Crippen LogP contribution in [0, 0.1) is 4.64 Å². The normalized spacial score (nSPS) is 16.0. The van der Waals surface area contributed by atoms with E-state index in [0.717, 1.165) is 23.1 Å². The topological polar surface area (TPSA) is 37.9 Å². The molecule has 2 rings (SSSR count). The summed E-state index contributed by atoms with van der Waals surface area (Å²) >= 11 is 8.90. The first-order valence-electron chi connectivity index (χ1n) is 6.43. The summed E-state index contributed by atoms with van der Waals surface area (Å²) in [6.45, 7) is 4.23. The fraction of sp³-hybridized carbons (Fsp3) is 0.692. The third-order valence-corrected chi connectivity index (χ3v) is 5.20. The number of nitrogens with zero attached hydrogens (tertiary/aromatic N) is 1. The largest absolute Gasteiger partial charge is 0.370 e. The highest BCUT2D eigenvalue weighted by Crippen LogP contribution is 2.43. The van der Waals surface area contributed by atoms with Gasteiger partial charge in [-0.3, -0.25) is 0 Å². The fourth-order valence-corrected chi connectivity index (χ4v) is 3.03. The number of halogens is 1. The average molecular weight is 331 g/mol. The molecule has 5 heteroatoms. The van der Waals surface area contributed by atoms with Crippen LogP contribution in [-0.4, -0.2) is 17.1 Å². The van der Waals surface area contributed by atoms with Crippen LogP contribution < -0.4 is 0 Å². The molecule has 3 nitrogen and oxygen atoms in total. The molecule has 1 aliphatic carbocycles. The van der Waals surface area contributed by atoms with Crippen LogP contribution >= 0.6 is 28.1 Å². The molecule has 0 unspecified atom stereocenters. The van der Waals surface area contributed by atoms with Crippen molar-refractivity contribution >= 4 is 28.1 Å². The van der Waals surface area contributed by atoms with Crippen molar-refractivity contribution in [3.8, 4) is 0 Å². The Balaban J connectivity index is 2.54. The third kappa shape index (κ3) is 2.40. The Morgan fingerprint density at radius 3 is 2.50 bits per heavy atom. The van der Waals surface area contributed by atoms with Crippen molar-refractivity contribution < 1.29 is 4.74 Å². The standard InChI is InChI=1S/C13H19BrN2OS/c1-4-13(5-2,17-3)12-15-10(8-6-7-8)9(14)11(18)16-12/h8H,4-7H2,1-3H3,(H,15,16,18). The highest BCUT2D eigenvalue weighted by molar-refractivity contribution is 9.10. The van der Waals surface area contributed by atoms with Gasteiger partial charge in [0.1, 0.15) is 16.1 Å². The first kappa shape index (κ1) is 14.2. The highest BCUT2D eigenvalue weighted by Gasteiger charge is 2.34. The quantitative estimate of drug-likeness (QED) is 0.811. The van der Waals surface area contributed by atoms with Gasteiger partial charge in [-0.2, -0.15) is 0 Å². The zero-order valence-corrected chi connectivity index (χ0v) is 13.4. The minimum absolute atomic E-state index is 0.349. The molecule has 0 radical (unpaired) electrons. The smallest absolute Gasteiger partial charge is 0.144 e. The minimum Gasteiger partial charge on any atom is -0.370 e. The summed E-state index contributed by atoms with van der Waals surface area (Å²) in [7, 11) is 1.74. The summed E-state index contributed by atoms with van der Waals surface area (Å²) in [6.07, 6.45) is 4.21. The first-order valence-corrected chi connectivity index (χ1v) is 7.63. The SMILES string of the molecule is CCC(CC)(OC)c1nc(=S)c(Br)c(C2CC2)[nH]1. The fourth-order valence-electron chi connectivity index (χ4n) is 2.32. The summed E-state index contributed by atoms with van der Waals surface area (Å²) in [6, 6.07) is 0. The molecule has 0 amide bonds. The number of rotatable bonds is 5. The van der Waals surface area contributed by atoms with Crippen LogP contribution in [0.3, 0.4) is 0 Å². The Kier molecular flexibility index (Phi) is 4.24. The molecule has 1 heterocycles. The van der Waals surface area contributed by atoms with Crippen molar-refractivity contribution in [2.75, 3.05) is 7.11 Å². The summed E-state index contributed by atoms with van der Waals surface area (Å²) in [5.74, 6) is 1.47. The highest BCUT2D eigenvalue weighted by atomic mass is 79.9. The Bertz CT molecular complexity index is 484. The molecule has 1 aliphatic rings. The number of ether oxygens (including phenoxy) is 1. The first-order chi connectivity index (χ1) is 8.57. The van der Waals surface area contributed by atoms with Crippen LogP contribution in [0.4, 0.5) is 0 Å². The predicted molar refractivity (Wildman–Crippen MR) is 78.4 cm³/mol. The Morgan fingerprint density at radius 2 is 2.06 bits per heavy atom. The summed E-state index contributed by atoms with van der Waals surface area (Å²) < 4.78 is 7.30. The lowest BCUT2D eigenvalue weighted by molar-refractivity contribution is -0.0294. The van der Waals surface area contributed by atoms with Crippen LogP contribution in [0.25, 0.3) is 0 Å². The number of hydrogen-bond acceptors (Lipinski definition) is 3. The summed E-state index contributed by atoms with van der Waals surface area (Å²) in [4.78, 5) is 7.98. The Labute approximate surface area is 121 Å². The van der Waals surface area contributed by atoms with Crippen LogP contribution in [-0.2, 0) is 10.3 Å². The van der Waals surface area contributed by atoms with Crippen LogP contribution in [0.2, 0.25) is 0 Å². The molecule has 1 N–H and O–H groups in total. The molecule has 0 aromatic carbocycles. The molecule has 0 aliphatic heterocycles. The minimum atomic E-state index is -0.349. The number of aromatic nitrogens is 2. The maximum Gasteiger partial charge on any atom is 0.144 e. The van der Waals surface area contributed by atoms with E-state index in [2.05, 4.69) is 39.7 Å². The van der Waals surface area contributed by atoms with Gasteiger partial charge in [0.15, 0.2) is 0 Å². The molecule has 0 atom stereocenters. The van der Waals surface area contributed by atoms with Gasteiger partial charge in [-0.05, 0) is 41.6 Å². The Hall–Kier alpha value is -0.260. The van der Waals surface area contributed by atoms with Gasteiger partial charge >= 0.3 is 0 Å². The van der Waals surface area contributed by atoms with Crippen LogP contribution in [0.5, 0.6) is 0 Å². The second-order valence-corrected chi connectivity index (χ2v) is 5.98. The molecule has 1 aromatic rings. The van der Waals surface area contributed by atoms with E-state index in [9.17, 15) is 0 Å². The lowest BCUT2D eigenvalue weighted by Crippen LogP contribution is -2.30. The van der Waals surface area contributed by atoms with E-state index in [1.807, 2.05) is 0 Å². The number of aromatic amines is 1. The van der Waals surface area contributed by atoms with E-state index in [4.69, 9.17) is 17.0 Å². The van der Waals surface area contributed by atoms with Gasteiger partial charge in [0.05, 0.1) is 4.47 Å². The van der Waals surface area contributed by atoms with Crippen molar-refractivity contribution in [2.24, 2.45) is 0 Å². The predicted octanol–water partition coefficient (Wildman–Crippen LogP) is 4.44. The number of methoxy groups -OCH3 is 1. The van der Waals surface area contributed by atoms with Gasteiger partial charge in [-0.1, -0.05) is 26.1 Å². The van der Waals surface area contributed by atoms with E-state index in [-0.39, 0.29) is 5.60 Å². The van der Waals surface area contributed by atoms with E-state index < -0.39 is 0 Å². The molecule has 1 saturated carbocycles. The average Bonchev–Trinajstić information content (AvgIpc) is 3.20.